The van der Waals surface area contributed by atoms with E-state index >= 15 is 0 Å². The van der Waals surface area contributed by atoms with Crippen molar-refractivity contribution < 1.29 is 19.4 Å². The molecule has 4 heteroatoms. The summed E-state index contributed by atoms with van der Waals surface area (Å²) in [5.74, 6) is 0.705. The Bertz CT molecular complexity index is 754. The van der Waals surface area contributed by atoms with Gasteiger partial charge in [-0.2, -0.15) is 0 Å². The first-order valence-corrected chi connectivity index (χ1v) is 11.8. The third-order valence-electron chi connectivity index (χ3n) is 7.13. The Morgan fingerprint density at radius 2 is 2.10 bits per heavy atom. The molecule has 1 aliphatic carbocycles. The minimum atomic E-state index is -0.580. The minimum Gasteiger partial charge on any atom is -0.508 e. The van der Waals surface area contributed by atoms with Crippen molar-refractivity contribution in [1.29, 1.82) is 0 Å². The number of ether oxygens (including phenoxy) is 2. The Kier molecular flexibility index (Phi) is 8.76. The van der Waals surface area contributed by atoms with Crippen molar-refractivity contribution in [2.24, 2.45) is 10.8 Å². The second kappa shape index (κ2) is 10.7. The predicted octanol–water partition coefficient (Wildman–Crippen LogP) is 7.08. The highest BCUT2D eigenvalue weighted by Gasteiger charge is 2.44. The monoisotopic (exact) mass is 430 g/mol. The maximum absolute atomic E-state index is 12.8. The van der Waals surface area contributed by atoms with Gasteiger partial charge in [-0.05, 0) is 81.9 Å². The van der Waals surface area contributed by atoms with Gasteiger partial charge in [0.05, 0.1) is 5.41 Å². The Balaban J connectivity index is 2.28. The molecule has 174 valence electrons. The van der Waals surface area contributed by atoms with Crippen molar-refractivity contribution in [3.05, 3.63) is 42.0 Å². The normalized spacial score (nSPS) is 23.7. The van der Waals surface area contributed by atoms with E-state index in [2.05, 4.69) is 26.5 Å². The van der Waals surface area contributed by atoms with E-state index in [4.69, 9.17) is 9.47 Å². The molecule has 0 heterocycles. The summed E-state index contributed by atoms with van der Waals surface area (Å²) >= 11 is 0. The SMILES string of the molecule is C=CCC(C)c1ccc(O)c(C2CCCC(C)(C(OCC)OC(=O)C(C)(C)CC)C2)c1. The van der Waals surface area contributed by atoms with Crippen LogP contribution in [0.3, 0.4) is 0 Å². The number of carbonyl (C=O) groups excluding carboxylic acids is 1. The number of aromatic hydroxyl groups is 1. The minimum absolute atomic E-state index is 0.204. The van der Waals surface area contributed by atoms with Gasteiger partial charge < -0.3 is 14.6 Å². The van der Waals surface area contributed by atoms with Crippen molar-refractivity contribution in [1.82, 2.24) is 0 Å². The lowest BCUT2D eigenvalue weighted by atomic mass is 9.68. The van der Waals surface area contributed by atoms with Crippen LogP contribution in [-0.2, 0) is 14.3 Å². The van der Waals surface area contributed by atoms with E-state index in [0.717, 1.165) is 37.7 Å². The van der Waals surface area contributed by atoms with Gasteiger partial charge in [0.15, 0.2) is 0 Å². The van der Waals surface area contributed by atoms with Crippen molar-refractivity contribution in [3.8, 4) is 5.75 Å². The van der Waals surface area contributed by atoms with Gasteiger partial charge in [-0.15, -0.1) is 6.58 Å². The molecule has 0 bridgehead atoms. The topological polar surface area (TPSA) is 55.8 Å². The van der Waals surface area contributed by atoms with Gasteiger partial charge in [0.1, 0.15) is 5.75 Å². The van der Waals surface area contributed by atoms with Crippen LogP contribution < -0.4 is 0 Å². The summed E-state index contributed by atoms with van der Waals surface area (Å²) in [4.78, 5) is 12.8. The number of allylic oxidation sites excluding steroid dienone is 1. The summed E-state index contributed by atoms with van der Waals surface area (Å²) in [5, 5.41) is 10.7. The lowest BCUT2D eigenvalue weighted by molar-refractivity contribution is -0.221. The predicted molar refractivity (Wildman–Crippen MR) is 126 cm³/mol. The van der Waals surface area contributed by atoms with E-state index in [-0.39, 0.29) is 17.3 Å². The number of carbonyl (C=O) groups is 1. The van der Waals surface area contributed by atoms with E-state index in [0.29, 0.717) is 24.7 Å². The van der Waals surface area contributed by atoms with E-state index < -0.39 is 11.7 Å². The molecular weight excluding hydrogens is 388 g/mol. The summed E-state index contributed by atoms with van der Waals surface area (Å²) in [6, 6.07) is 5.98. The average molecular weight is 431 g/mol. The Morgan fingerprint density at radius 1 is 1.39 bits per heavy atom. The highest BCUT2D eigenvalue weighted by molar-refractivity contribution is 5.75. The molecule has 2 rings (SSSR count). The van der Waals surface area contributed by atoms with Crippen LogP contribution in [0.5, 0.6) is 5.75 Å². The van der Waals surface area contributed by atoms with E-state index in [1.165, 1.54) is 5.56 Å². The molecule has 0 aliphatic heterocycles. The summed E-state index contributed by atoms with van der Waals surface area (Å²) in [7, 11) is 0. The fourth-order valence-electron chi connectivity index (χ4n) is 4.52. The molecule has 4 unspecified atom stereocenters. The van der Waals surface area contributed by atoms with Crippen LogP contribution in [0.25, 0.3) is 0 Å². The maximum atomic E-state index is 12.8. The third-order valence-corrected chi connectivity index (χ3v) is 7.13. The van der Waals surface area contributed by atoms with Crippen molar-refractivity contribution in [2.45, 2.75) is 98.2 Å². The first kappa shape index (κ1) is 25.5. The van der Waals surface area contributed by atoms with Crippen LogP contribution >= 0.6 is 0 Å². The molecule has 31 heavy (non-hydrogen) atoms. The van der Waals surface area contributed by atoms with E-state index in [1.807, 2.05) is 45.9 Å². The number of hydrogen-bond acceptors (Lipinski definition) is 4. The largest absolute Gasteiger partial charge is 0.508 e. The fourth-order valence-corrected chi connectivity index (χ4v) is 4.52. The quantitative estimate of drug-likeness (QED) is 0.245. The summed E-state index contributed by atoms with van der Waals surface area (Å²) < 4.78 is 11.9. The number of benzene rings is 1. The molecule has 0 amide bonds. The van der Waals surface area contributed by atoms with Gasteiger partial charge in [-0.1, -0.05) is 45.4 Å². The molecule has 1 aromatic carbocycles. The van der Waals surface area contributed by atoms with Gasteiger partial charge in [0, 0.05) is 12.0 Å². The van der Waals surface area contributed by atoms with Crippen molar-refractivity contribution in [2.75, 3.05) is 6.61 Å². The van der Waals surface area contributed by atoms with Gasteiger partial charge in [0.2, 0.25) is 6.29 Å². The molecule has 4 atom stereocenters. The number of rotatable bonds is 10. The second-order valence-corrected chi connectivity index (χ2v) is 10.1. The molecule has 0 aromatic heterocycles. The number of phenolic OH excluding ortho intramolecular Hbond substituents is 1. The highest BCUT2D eigenvalue weighted by Crippen LogP contribution is 2.49. The van der Waals surface area contributed by atoms with Crippen molar-refractivity contribution >= 4 is 5.97 Å². The zero-order valence-electron chi connectivity index (χ0n) is 20.4. The average Bonchev–Trinajstić information content (AvgIpc) is 2.73. The zero-order chi connectivity index (χ0) is 23.2. The van der Waals surface area contributed by atoms with Crippen LogP contribution in [0.4, 0.5) is 0 Å². The summed E-state index contributed by atoms with van der Waals surface area (Å²) in [6.45, 7) is 16.5. The van der Waals surface area contributed by atoms with E-state index in [9.17, 15) is 9.90 Å². The van der Waals surface area contributed by atoms with Crippen LogP contribution in [-0.4, -0.2) is 24.0 Å². The molecule has 4 nitrogen and oxygen atoms in total. The molecule has 1 N–H and O–H groups in total. The molecular formula is C27H42O4. The smallest absolute Gasteiger partial charge is 0.313 e. The molecule has 1 aromatic rings. The molecule has 1 aliphatic rings. The Hall–Kier alpha value is -1.81. The standard InChI is InChI=1S/C27H42O4/c1-8-12-19(4)20-14-15-23(28)22(17-20)21-13-11-16-27(7,18-21)25(30-10-3)31-24(29)26(5,6)9-2/h8,14-15,17,19,21,25,28H,1,9-13,16,18H2,2-7H3. The number of hydrogen-bond donors (Lipinski definition) is 1. The second-order valence-electron chi connectivity index (χ2n) is 10.1. The van der Waals surface area contributed by atoms with Gasteiger partial charge >= 0.3 is 5.97 Å². The molecule has 1 fully saturated rings. The third kappa shape index (κ3) is 6.12. The van der Waals surface area contributed by atoms with Crippen LogP contribution in [0, 0.1) is 10.8 Å². The van der Waals surface area contributed by atoms with Crippen LogP contribution in [0.2, 0.25) is 0 Å². The summed E-state index contributed by atoms with van der Waals surface area (Å²) in [6.07, 6.45) is 6.74. The Morgan fingerprint density at radius 3 is 2.71 bits per heavy atom. The van der Waals surface area contributed by atoms with E-state index in [1.54, 1.807) is 0 Å². The van der Waals surface area contributed by atoms with Gasteiger partial charge in [-0.25, -0.2) is 0 Å². The first-order valence-electron chi connectivity index (χ1n) is 11.8. The lowest BCUT2D eigenvalue weighted by Crippen LogP contribution is -2.43. The van der Waals surface area contributed by atoms with Crippen LogP contribution in [0.1, 0.15) is 103 Å². The molecule has 0 saturated heterocycles. The first-order chi connectivity index (χ1) is 14.6. The number of phenols is 1. The molecule has 0 spiro atoms. The number of esters is 1. The zero-order valence-corrected chi connectivity index (χ0v) is 20.4. The van der Waals surface area contributed by atoms with Crippen molar-refractivity contribution in [3.63, 3.8) is 0 Å². The Labute approximate surface area is 189 Å². The fraction of sp³-hybridized carbons (Fsp3) is 0.667. The van der Waals surface area contributed by atoms with Gasteiger partial charge in [-0.3, -0.25) is 4.79 Å². The van der Waals surface area contributed by atoms with Crippen LogP contribution in [0.15, 0.2) is 30.9 Å². The lowest BCUT2D eigenvalue weighted by Gasteiger charge is -2.43. The maximum Gasteiger partial charge on any atom is 0.313 e. The molecule has 0 radical (unpaired) electrons. The molecule has 1 saturated carbocycles. The highest BCUT2D eigenvalue weighted by atomic mass is 16.7. The summed E-state index contributed by atoms with van der Waals surface area (Å²) in [5.41, 5.74) is 1.38. The van der Waals surface area contributed by atoms with Gasteiger partial charge in [0.25, 0.3) is 0 Å².